The molecule has 2 fully saturated rings. The van der Waals surface area contributed by atoms with Gasteiger partial charge >= 0.3 is 0 Å². The van der Waals surface area contributed by atoms with Crippen LogP contribution in [0, 0.1) is 17.3 Å². The Kier molecular flexibility index (Phi) is 6.23. The van der Waals surface area contributed by atoms with Crippen molar-refractivity contribution in [3.63, 3.8) is 0 Å². The molecule has 2 aliphatic carbocycles. The van der Waals surface area contributed by atoms with Crippen LogP contribution >= 0.6 is 0 Å². The van der Waals surface area contributed by atoms with E-state index in [4.69, 9.17) is 0 Å². The molecule has 0 radical (unpaired) electrons. The molecule has 2 rings (SSSR count). The van der Waals surface area contributed by atoms with Gasteiger partial charge in [-0.15, -0.1) is 0 Å². The predicted octanol–water partition coefficient (Wildman–Crippen LogP) is 6.73. The summed E-state index contributed by atoms with van der Waals surface area (Å²) in [5.41, 5.74) is 0.716. The molecule has 0 spiro atoms. The van der Waals surface area contributed by atoms with Gasteiger partial charge < -0.3 is 0 Å². The molecular weight excluding hydrogens is 228 g/mol. The van der Waals surface area contributed by atoms with Crippen molar-refractivity contribution in [2.75, 3.05) is 0 Å². The van der Waals surface area contributed by atoms with Crippen LogP contribution in [0.4, 0.5) is 0 Å². The molecule has 0 aromatic carbocycles. The summed E-state index contributed by atoms with van der Waals surface area (Å²) < 4.78 is 0. The van der Waals surface area contributed by atoms with Crippen molar-refractivity contribution in [3.05, 3.63) is 0 Å². The minimum Gasteiger partial charge on any atom is -0.0654 e. The molecule has 0 aliphatic heterocycles. The van der Waals surface area contributed by atoms with E-state index in [9.17, 15) is 0 Å². The summed E-state index contributed by atoms with van der Waals surface area (Å²) in [6, 6.07) is 0. The van der Waals surface area contributed by atoms with Crippen molar-refractivity contribution < 1.29 is 0 Å². The number of rotatable bonds is 7. The smallest absolute Gasteiger partial charge is 0.0295 e. The van der Waals surface area contributed by atoms with E-state index < -0.39 is 0 Å². The number of hydrogen-bond donors (Lipinski definition) is 0. The van der Waals surface area contributed by atoms with Crippen LogP contribution in [0.2, 0.25) is 0 Å². The van der Waals surface area contributed by atoms with E-state index in [1.54, 1.807) is 19.3 Å². The maximum Gasteiger partial charge on any atom is -0.0295 e. The fourth-order valence-corrected chi connectivity index (χ4v) is 5.04. The van der Waals surface area contributed by atoms with E-state index in [-0.39, 0.29) is 0 Å². The van der Waals surface area contributed by atoms with Gasteiger partial charge in [0.1, 0.15) is 0 Å². The van der Waals surface area contributed by atoms with Gasteiger partial charge in [-0.1, -0.05) is 84.5 Å². The van der Waals surface area contributed by atoms with Crippen molar-refractivity contribution in [1.29, 1.82) is 0 Å². The number of unbranched alkanes of at least 4 members (excludes halogenated alkanes) is 5. The Morgan fingerprint density at radius 3 is 2.37 bits per heavy atom. The van der Waals surface area contributed by atoms with Gasteiger partial charge in [0.2, 0.25) is 0 Å². The molecule has 0 N–H and O–H groups in total. The van der Waals surface area contributed by atoms with Gasteiger partial charge in [0.05, 0.1) is 0 Å². The molecule has 0 saturated heterocycles. The molecular formula is C19H36. The third-order valence-corrected chi connectivity index (χ3v) is 6.23. The molecule has 0 aromatic rings. The van der Waals surface area contributed by atoms with E-state index in [1.807, 2.05) is 0 Å². The monoisotopic (exact) mass is 264 g/mol. The molecule has 0 nitrogen and oxygen atoms in total. The van der Waals surface area contributed by atoms with Gasteiger partial charge in [0.15, 0.2) is 0 Å². The first-order chi connectivity index (χ1) is 9.26. The molecule has 2 saturated carbocycles. The van der Waals surface area contributed by atoms with E-state index in [1.165, 1.54) is 70.6 Å². The minimum atomic E-state index is 0.716. The Morgan fingerprint density at radius 1 is 0.842 bits per heavy atom. The van der Waals surface area contributed by atoms with Crippen molar-refractivity contribution in [2.45, 2.75) is 104 Å². The predicted molar refractivity (Wildman–Crippen MR) is 85.4 cm³/mol. The third kappa shape index (κ3) is 4.23. The Bertz CT molecular complexity index is 242. The fraction of sp³-hybridized carbons (Fsp3) is 1.00. The molecule has 0 heterocycles. The second-order valence-electron chi connectivity index (χ2n) is 7.72. The van der Waals surface area contributed by atoms with Crippen molar-refractivity contribution >= 4 is 0 Å². The van der Waals surface area contributed by atoms with E-state index in [2.05, 4.69) is 13.8 Å². The Balaban J connectivity index is 1.73. The van der Waals surface area contributed by atoms with Crippen LogP contribution < -0.4 is 0 Å². The molecule has 0 aromatic heterocycles. The summed E-state index contributed by atoms with van der Waals surface area (Å²) in [5, 5.41) is 0. The number of fused-ring (bicyclic) bond motifs is 1. The quantitative estimate of drug-likeness (QED) is 0.447. The Hall–Kier alpha value is 0. The zero-order valence-corrected chi connectivity index (χ0v) is 13.6. The molecule has 19 heavy (non-hydrogen) atoms. The molecule has 2 aliphatic rings. The standard InChI is InChI=1S/C19H36/c1-3-4-5-6-7-10-15-19(2)16-11-13-17-12-8-9-14-18(17)19/h17-18H,3-16H2,1-2H3. The van der Waals surface area contributed by atoms with Gasteiger partial charge in [-0.05, 0) is 36.5 Å². The number of hydrogen-bond acceptors (Lipinski definition) is 0. The van der Waals surface area contributed by atoms with Crippen LogP contribution in [-0.4, -0.2) is 0 Å². The zero-order chi connectivity index (χ0) is 13.6. The molecule has 3 unspecified atom stereocenters. The topological polar surface area (TPSA) is 0 Å². The summed E-state index contributed by atoms with van der Waals surface area (Å²) in [5.74, 6) is 2.19. The highest BCUT2D eigenvalue weighted by Gasteiger charge is 2.42. The van der Waals surface area contributed by atoms with Gasteiger partial charge in [0, 0.05) is 0 Å². The van der Waals surface area contributed by atoms with Crippen LogP contribution in [0.15, 0.2) is 0 Å². The van der Waals surface area contributed by atoms with E-state index in [0.29, 0.717) is 5.41 Å². The summed E-state index contributed by atoms with van der Waals surface area (Å²) >= 11 is 0. The lowest BCUT2D eigenvalue weighted by molar-refractivity contribution is 0.0170. The molecule has 0 amide bonds. The van der Waals surface area contributed by atoms with Crippen molar-refractivity contribution in [1.82, 2.24) is 0 Å². The van der Waals surface area contributed by atoms with E-state index >= 15 is 0 Å². The Labute approximate surface area is 121 Å². The largest absolute Gasteiger partial charge is 0.0654 e. The van der Waals surface area contributed by atoms with Crippen LogP contribution in [0.1, 0.15) is 104 Å². The first-order valence-electron chi connectivity index (χ1n) is 9.26. The first kappa shape index (κ1) is 15.4. The highest BCUT2D eigenvalue weighted by Crippen LogP contribution is 2.53. The second-order valence-corrected chi connectivity index (χ2v) is 7.72. The maximum atomic E-state index is 2.64. The molecule has 0 heteroatoms. The summed E-state index contributed by atoms with van der Waals surface area (Å²) in [6.45, 7) is 4.95. The highest BCUT2D eigenvalue weighted by molar-refractivity contribution is 4.92. The van der Waals surface area contributed by atoms with Crippen molar-refractivity contribution in [2.24, 2.45) is 17.3 Å². The van der Waals surface area contributed by atoms with Gasteiger partial charge in [-0.2, -0.15) is 0 Å². The van der Waals surface area contributed by atoms with Gasteiger partial charge in [0.25, 0.3) is 0 Å². The zero-order valence-electron chi connectivity index (χ0n) is 13.6. The summed E-state index contributed by atoms with van der Waals surface area (Å²) in [7, 11) is 0. The Morgan fingerprint density at radius 2 is 1.53 bits per heavy atom. The minimum absolute atomic E-state index is 0.716. The fourth-order valence-electron chi connectivity index (χ4n) is 5.04. The lowest BCUT2D eigenvalue weighted by atomic mass is 9.56. The first-order valence-corrected chi connectivity index (χ1v) is 9.26. The highest BCUT2D eigenvalue weighted by atomic mass is 14.5. The van der Waals surface area contributed by atoms with Crippen LogP contribution in [0.5, 0.6) is 0 Å². The SMILES string of the molecule is CCCCCCCCC1(C)CCCC2CCCCC21. The second kappa shape index (κ2) is 7.70. The lowest BCUT2D eigenvalue weighted by Crippen LogP contribution is -2.38. The van der Waals surface area contributed by atoms with Crippen LogP contribution in [0.25, 0.3) is 0 Å². The van der Waals surface area contributed by atoms with Crippen molar-refractivity contribution in [3.8, 4) is 0 Å². The summed E-state index contributed by atoms with van der Waals surface area (Å²) in [6.07, 6.45) is 21.1. The molecule has 0 bridgehead atoms. The van der Waals surface area contributed by atoms with Gasteiger partial charge in [-0.3, -0.25) is 0 Å². The van der Waals surface area contributed by atoms with Crippen LogP contribution in [0.3, 0.4) is 0 Å². The molecule has 112 valence electrons. The average molecular weight is 264 g/mol. The van der Waals surface area contributed by atoms with E-state index in [0.717, 1.165) is 11.8 Å². The third-order valence-electron chi connectivity index (χ3n) is 6.23. The summed E-state index contributed by atoms with van der Waals surface area (Å²) in [4.78, 5) is 0. The van der Waals surface area contributed by atoms with Gasteiger partial charge in [-0.25, -0.2) is 0 Å². The average Bonchev–Trinajstić information content (AvgIpc) is 2.43. The van der Waals surface area contributed by atoms with Crippen LogP contribution in [-0.2, 0) is 0 Å². The molecule has 3 atom stereocenters. The normalized spacial score (nSPS) is 35.1. The maximum absolute atomic E-state index is 2.64. The lowest BCUT2D eigenvalue weighted by Gasteiger charge is -2.49.